The molecule has 0 spiro atoms. The van der Waals surface area contributed by atoms with E-state index >= 15 is 0 Å². The molecule has 6 nitrogen and oxygen atoms in total. The SMILES string of the molecule is CCNC(=NCc1ccc(OC)c(OC(F)F)c1)NCCC(OCC)C(C)C.I. The minimum Gasteiger partial charge on any atom is -0.493 e. The Balaban J connectivity index is 0.00000784. The Morgan fingerprint density at radius 2 is 1.86 bits per heavy atom. The van der Waals surface area contributed by atoms with Crippen LogP contribution in [0.15, 0.2) is 23.2 Å². The van der Waals surface area contributed by atoms with Gasteiger partial charge in [0.2, 0.25) is 0 Å². The summed E-state index contributed by atoms with van der Waals surface area (Å²) in [6, 6.07) is 4.88. The van der Waals surface area contributed by atoms with Gasteiger partial charge in [0, 0.05) is 19.7 Å². The molecule has 1 aromatic rings. The summed E-state index contributed by atoms with van der Waals surface area (Å²) in [4.78, 5) is 4.52. The summed E-state index contributed by atoms with van der Waals surface area (Å²) >= 11 is 0. The van der Waals surface area contributed by atoms with Crippen LogP contribution in [0.4, 0.5) is 8.78 Å². The molecule has 2 N–H and O–H groups in total. The van der Waals surface area contributed by atoms with E-state index in [2.05, 4.69) is 34.2 Å². The van der Waals surface area contributed by atoms with E-state index in [0.29, 0.717) is 31.6 Å². The summed E-state index contributed by atoms with van der Waals surface area (Å²) in [5, 5.41) is 6.47. The Morgan fingerprint density at radius 3 is 2.41 bits per heavy atom. The standard InChI is InChI=1S/C20H33F2N3O3.HI/c1-6-23-20(24-11-10-16(14(3)4)27-7-2)25-13-15-8-9-17(26-5)18(12-15)28-19(21)22;/h8-9,12,14,16,19H,6-7,10-11,13H2,1-5H3,(H2,23,24,25);1H. The molecule has 9 heteroatoms. The zero-order chi connectivity index (χ0) is 20.9. The van der Waals surface area contributed by atoms with Gasteiger partial charge in [-0.2, -0.15) is 8.78 Å². The molecule has 0 fully saturated rings. The average molecular weight is 529 g/mol. The molecular formula is C20H34F2IN3O3. The second-order valence-corrected chi connectivity index (χ2v) is 6.51. The van der Waals surface area contributed by atoms with Gasteiger partial charge in [-0.25, -0.2) is 4.99 Å². The molecule has 1 atom stereocenters. The van der Waals surface area contributed by atoms with Gasteiger partial charge in [0.1, 0.15) is 0 Å². The smallest absolute Gasteiger partial charge is 0.387 e. The maximum atomic E-state index is 12.6. The fourth-order valence-corrected chi connectivity index (χ4v) is 2.68. The van der Waals surface area contributed by atoms with Crippen LogP contribution in [0, 0.1) is 5.92 Å². The first-order chi connectivity index (χ1) is 13.4. The minimum atomic E-state index is -2.91. The van der Waals surface area contributed by atoms with Gasteiger partial charge >= 0.3 is 6.61 Å². The molecule has 0 heterocycles. The van der Waals surface area contributed by atoms with E-state index in [1.54, 1.807) is 12.1 Å². The second-order valence-electron chi connectivity index (χ2n) is 6.51. The second kappa shape index (κ2) is 15.5. The molecule has 0 bridgehead atoms. The van der Waals surface area contributed by atoms with Crippen molar-refractivity contribution in [2.75, 3.05) is 26.8 Å². The Kier molecular flexibility index (Phi) is 14.8. The molecule has 0 aliphatic heterocycles. The highest BCUT2D eigenvalue weighted by Gasteiger charge is 2.13. The summed E-state index contributed by atoms with van der Waals surface area (Å²) in [7, 11) is 1.41. The lowest BCUT2D eigenvalue weighted by molar-refractivity contribution is -0.0512. The molecule has 0 aliphatic rings. The fraction of sp³-hybridized carbons (Fsp3) is 0.650. The third-order valence-corrected chi connectivity index (χ3v) is 4.05. The summed E-state index contributed by atoms with van der Waals surface area (Å²) < 4.78 is 40.4. The molecule has 0 saturated carbocycles. The molecule has 0 radical (unpaired) electrons. The van der Waals surface area contributed by atoms with E-state index < -0.39 is 6.61 Å². The van der Waals surface area contributed by atoms with Crippen LogP contribution in [0.5, 0.6) is 11.5 Å². The third kappa shape index (κ3) is 10.8. The number of methoxy groups -OCH3 is 1. The number of alkyl halides is 2. The van der Waals surface area contributed by atoms with Crippen LogP contribution < -0.4 is 20.1 Å². The van der Waals surface area contributed by atoms with Gasteiger partial charge in [0.25, 0.3) is 0 Å². The Bertz CT molecular complexity index is 604. The van der Waals surface area contributed by atoms with Crippen molar-refractivity contribution in [3.8, 4) is 11.5 Å². The van der Waals surface area contributed by atoms with Gasteiger partial charge in [-0.15, -0.1) is 24.0 Å². The summed E-state index contributed by atoms with van der Waals surface area (Å²) in [6.07, 6.45) is 1.06. The summed E-state index contributed by atoms with van der Waals surface area (Å²) in [5.74, 6) is 1.36. The molecule has 0 saturated heterocycles. The van der Waals surface area contributed by atoms with Gasteiger partial charge in [0.15, 0.2) is 17.5 Å². The minimum absolute atomic E-state index is 0. The predicted molar refractivity (Wildman–Crippen MR) is 123 cm³/mol. The molecule has 0 aromatic heterocycles. The molecule has 1 rings (SSSR count). The maximum absolute atomic E-state index is 12.6. The van der Waals surface area contributed by atoms with Crippen LogP contribution in [0.3, 0.4) is 0 Å². The van der Waals surface area contributed by atoms with Crippen molar-refractivity contribution in [2.45, 2.75) is 53.4 Å². The van der Waals surface area contributed by atoms with Gasteiger partial charge in [-0.05, 0) is 43.9 Å². The van der Waals surface area contributed by atoms with Crippen molar-refractivity contribution in [1.29, 1.82) is 0 Å². The molecule has 29 heavy (non-hydrogen) atoms. The van der Waals surface area contributed by atoms with E-state index in [9.17, 15) is 8.78 Å². The largest absolute Gasteiger partial charge is 0.493 e. The van der Waals surface area contributed by atoms with Crippen LogP contribution in [-0.4, -0.2) is 45.5 Å². The lowest BCUT2D eigenvalue weighted by Gasteiger charge is -2.21. The molecule has 1 unspecified atom stereocenters. The number of aliphatic imine (C=N–C) groups is 1. The van der Waals surface area contributed by atoms with Crippen LogP contribution in [0.2, 0.25) is 0 Å². The highest BCUT2D eigenvalue weighted by atomic mass is 127. The number of halogens is 3. The van der Waals surface area contributed by atoms with Crippen LogP contribution in [-0.2, 0) is 11.3 Å². The predicted octanol–water partition coefficient (Wildman–Crippen LogP) is 4.42. The zero-order valence-electron chi connectivity index (χ0n) is 17.8. The lowest BCUT2D eigenvalue weighted by Crippen LogP contribution is -2.39. The first-order valence-electron chi connectivity index (χ1n) is 9.66. The first kappa shape index (κ1) is 27.6. The Morgan fingerprint density at radius 1 is 1.14 bits per heavy atom. The van der Waals surface area contributed by atoms with E-state index in [1.165, 1.54) is 13.2 Å². The number of hydrogen-bond acceptors (Lipinski definition) is 4. The van der Waals surface area contributed by atoms with Crippen LogP contribution in [0.1, 0.15) is 39.7 Å². The summed E-state index contributed by atoms with van der Waals surface area (Å²) in [6.45, 7) is 7.79. The fourth-order valence-electron chi connectivity index (χ4n) is 2.68. The van der Waals surface area contributed by atoms with Crippen LogP contribution >= 0.6 is 24.0 Å². The van der Waals surface area contributed by atoms with Crippen molar-refractivity contribution in [2.24, 2.45) is 10.9 Å². The molecule has 1 aromatic carbocycles. The van der Waals surface area contributed by atoms with E-state index in [1.807, 2.05) is 13.8 Å². The number of nitrogens with one attached hydrogen (secondary N) is 2. The van der Waals surface area contributed by atoms with E-state index in [4.69, 9.17) is 9.47 Å². The quantitative estimate of drug-likeness (QED) is 0.239. The summed E-state index contributed by atoms with van der Waals surface area (Å²) in [5.41, 5.74) is 0.739. The zero-order valence-corrected chi connectivity index (χ0v) is 20.2. The monoisotopic (exact) mass is 529 g/mol. The van der Waals surface area contributed by atoms with E-state index in [-0.39, 0.29) is 41.6 Å². The number of guanidine groups is 1. The maximum Gasteiger partial charge on any atom is 0.387 e. The number of hydrogen-bond donors (Lipinski definition) is 2. The lowest BCUT2D eigenvalue weighted by atomic mass is 10.0. The van der Waals surface area contributed by atoms with Gasteiger partial charge in [0.05, 0.1) is 19.8 Å². The highest BCUT2D eigenvalue weighted by molar-refractivity contribution is 14.0. The van der Waals surface area contributed by atoms with Crippen molar-refractivity contribution in [1.82, 2.24) is 10.6 Å². The molecular weight excluding hydrogens is 495 g/mol. The Hall–Kier alpha value is -1.36. The average Bonchev–Trinajstić information content (AvgIpc) is 2.64. The number of ether oxygens (including phenoxy) is 3. The van der Waals surface area contributed by atoms with Crippen molar-refractivity contribution in [3.05, 3.63) is 23.8 Å². The van der Waals surface area contributed by atoms with Crippen LogP contribution in [0.25, 0.3) is 0 Å². The number of nitrogens with zero attached hydrogens (tertiary/aromatic N) is 1. The molecule has 0 amide bonds. The van der Waals surface area contributed by atoms with Crippen molar-refractivity contribution >= 4 is 29.9 Å². The van der Waals surface area contributed by atoms with Gasteiger partial charge < -0.3 is 24.8 Å². The third-order valence-electron chi connectivity index (χ3n) is 4.05. The number of rotatable bonds is 12. The van der Waals surface area contributed by atoms with Gasteiger partial charge in [-0.1, -0.05) is 19.9 Å². The van der Waals surface area contributed by atoms with Crippen molar-refractivity contribution < 1.29 is 23.0 Å². The first-order valence-corrected chi connectivity index (χ1v) is 9.66. The van der Waals surface area contributed by atoms with Gasteiger partial charge in [-0.3, -0.25) is 0 Å². The Labute approximate surface area is 189 Å². The molecule has 0 aliphatic carbocycles. The molecule has 168 valence electrons. The highest BCUT2D eigenvalue weighted by Crippen LogP contribution is 2.29. The number of benzene rings is 1. The van der Waals surface area contributed by atoms with E-state index in [0.717, 1.165) is 18.5 Å². The topological polar surface area (TPSA) is 64.1 Å². The van der Waals surface area contributed by atoms with Crippen molar-refractivity contribution in [3.63, 3.8) is 0 Å². The normalized spacial score (nSPS) is 12.5.